The minimum atomic E-state index is -4.61. The van der Waals surface area contributed by atoms with Gasteiger partial charge in [0.05, 0.1) is 18.3 Å². The van der Waals surface area contributed by atoms with Crippen molar-refractivity contribution in [2.24, 2.45) is 22.5 Å². The van der Waals surface area contributed by atoms with Gasteiger partial charge < -0.3 is 26.6 Å². The van der Waals surface area contributed by atoms with Crippen LogP contribution in [0.4, 0.5) is 5.69 Å². The number of aromatic nitrogens is 4. The summed E-state index contributed by atoms with van der Waals surface area (Å²) in [5, 5.41) is 37.9. The summed E-state index contributed by atoms with van der Waals surface area (Å²) in [6.07, 6.45) is 0.0724. The van der Waals surface area contributed by atoms with Crippen LogP contribution in [0, 0.1) is 5.92 Å². The lowest BCUT2D eigenvalue weighted by molar-refractivity contribution is 0.186. The smallest absolute Gasteiger partial charge is 0.242 e. The molecule has 1 fully saturated rings. The SMILES string of the molecule is NC[C@@H](O)CNS(=O)(=O)c1ccc(N2CCC(C(N)CO)CC2)c(-c2nn[nH]n2)c1S(N)(=O)=O. The van der Waals surface area contributed by atoms with Crippen molar-refractivity contribution in [3.8, 4) is 11.4 Å². The van der Waals surface area contributed by atoms with Gasteiger partial charge in [0, 0.05) is 37.9 Å². The van der Waals surface area contributed by atoms with Gasteiger partial charge in [0.1, 0.15) is 9.79 Å². The van der Waals surface area contributed by atoms with Crippen LogP contribution in [0.25, 0.3) is 11.4 Å². The lowest BCUT2D eigenvalue weighted by atomic mass is 9.90. The lowest BCUT2D eigenvalue weighted by Gasteiger charge is -2.36. The highest BCUT2D eigenvalue weighted by Gasteiger charge is 2.34. The van der Waals surface area contributed by atoms with E-state index < -0.39 is 42.5 Å². The molecule has 2 atom stereocenters. The third kappa shape index (κ3) is 5.69. The molecule has 3 rings (SSSR count). The predicted molar refractivity (Wildman–Crippen MR) is 121 cm³/mol. The summed E-state index contributed by atoms with van der Waals surface area (Å²) in [5.74, 6) is -0.0855. The number of rotatable bonds is 10. The number of nitrogens with one attached hydrogen (secondary N) is 2. The largest absolute Gasteiger partial charge is 0.395 e. The molecule has 1 aliphatic heterocycles. The summed E-state index contributed by atoms with van der Waals surface area (Å²) in [4.78, 5) is 0.526. The number of primary sulfonamides is 1. The van der Waals surface area contributed by atoms with Crippen molar-refractivity contribution in [1.82, 2.24) is 25.3 Å². The highest BCUT2D eigenvalue weighted by Crippen LogP contribution is 2.39. The Morgan fingerprint density at radius 3 is 2.44 bits per heavy atom. The topological polar surface area (TPSA) is 257 Å². The summed E-state index contributed by atoms with van der Waals surface area (Å²) in [6, 6.07) is 2.20. The number of nitrogens with zero attached hydrogens (tertiary/aromatic N) is 4. The Balaban J connectivity index is 2.13. The average molecular weight is 520 g/mol. The number of hydrogen-bond donors (Lipinski definition) is 7. The van der Waals surface area contributed by atoms with E-state index in [2.05, 4.69) is 25.3 Å². The van der Waals surface area contributed by atoms with Crippen LogP contribution < -0.4 is 26.2 Å². The van der Waals surface area contributed by atoms with Crippen LogP contribution >= 0.6 is 0 Å². The van der Waals surface area contributed by atoms with Gasteiger partial charge in [-0.25, -0.2) is 26.7 Å². The maximum absolute atomic E-state index is 13.0. The van der Waals surface area contributed by atoms with Gasteiger partial charge in [-0.15, -0.1) is 10.2 Å². The molecule has 0 amide bonds. The van der Waals surface area contributed by atoms with E-state index in [0.717, 1.165) is 6.07 Å². The van der Waals surface area contributed by atoms with E-state index in [1.165, 1.54) is 6.07 Å². The van der Waals surface area contributed by atoms with Crippen molar-refractivity contribution in [2.75, 3.05) is 37.7 Å². The summed E-state index contributed by atoms with van der Waals surface area (Å²) < 4.78 is 53.5. The van der Waals surface area contributed by atoms with E-state index >= 15 is 0 Å². The molecule has 1 aromatic carbocycles. The molecule has 10 N–H and O–H groups in total. The lowest BCUT2D eigenvalue weighted by Crippen LogP contribution is -2.43. The van der Waals surface area contributed by atoms with Gasteiger partial charge in [0.15, 0.2) is 0 Å². The zero-order valence-electron chi connectivity index (χ0n) is 18.2. The van der Waals surface area contributed by atoms with Crippen LogP contribution in [0.2, 0.25) is 0 Å². The van der Waals surface area contributed by atoms with E-state index in [1.54, 1.807) is 0 Å². The predicted octanol–water partition coefficient (Wildman–Crippen LogP) is -3.35. The number of aliphatic hydroxyl groups excluding tert-OH is 2. The first-order valence-electron chi connectivity index (χ1n) is 10.4. The van der Waals surface area contributed by atoms with Gasteiger partial charge in [-0.05, 0) is 36.1 Å². The fraction of sp³-hybridized carbons (Fsp3) is 0.588. The van der Waals surface area contributed by atoms with Gasteiger partial charge in [-0.2, -0.15) is 5.21 Å². The monoisotopic (exact) mass is 519 g/mol. The van der Waals surface area contributed by atoms with E-state index in [1.807, 2.05) is 4.90 Å². The minimum Gasteiger partial charge on any atom is -0.395 e. The van der Waals surface area contributed by atoms with Crippen LogP contribution in [-0.2, 0) is 20.0 Å². The third-order valence-electron chi connectivity index (χ3n) is 5.72. The molecule has 1 unspecified atom stereocenters. The second-order valence-corrected chi connectivity index (χ2v) is 11.2. The number of piperidine rings is 1. The van der Waals surface area contributed by atoms with Crippen molar-refractivity contribution in [3.05, 3.63) is 12.1 Å². The first-order chi connectivity index (χ1) is 16.0. The fourth-order valence-corrected chi connectivity index (χ4v) is 6.55. The molecule has 0 spiro atoms. The molecule has 1 saturated heterocycles. The van der Waals surface area contributed by atoms with Gasteiger partial charge in [0.2, 0.25) is 25.9 Å². The first kappa shape index (κ1) is 26.4. The number of anilines is 1. The molecule has 34 heavy (non-hydrogen) atoms. The van der Waals surface area contributed by atoms with E-state index in [0.29, 0.717) is 31.6 Å². The number of tetrazole rings is 1. The highest BCUT2D eigenvalue weighted by molar-refractivity contribution is 7.92. The van der Waals surface area contributed by atoms with Crippen molar-refractivity contribution in [3.63, 3.8) is 0 Å². The molecule has 17 heteroatoms. The number of hydrogen-bond acceptors (Lipinski definition) is 12. The number of sulfonamides is 2. The van der Waals surface area contributed by atoms with E-state index in [9.17, 15) is 27.0 Å². The number of aromatic amines is 1. The van der Waals surface area contributed by atoms with Crippen LogP contribution in [0.15, 0.2) is 21.9 Å². The number of H-pyrrole nitrogens is 1. The van der Waals surface area contributed by atoms with Gasteiger partial charge in [-0.1, -0.05) is 0 Å². The molecular formula is C17H29N9O6S2. The second kappa shape index (κ2) is 10.6. The molecule has 2 aromatic rings. The first-order valence-corrected chi connectivity index (χ1v) is 13.4. The molecular weight excluding hydrogens is 490 g/mol. The highest BCUT2D eigenvalue weighted by atomic mass is 32.2. The quantitative estimate of drug-likeness (QED) is 0.162. The molecule has 190 valence electrons. The summed E-state index contributed by atoms with van der Waals surface area (Å²) in [7, 11) is -9.05. The summed E-state index contributed by atoms with van der Waals surface area (Å²) in [5.41, 5.74) is 11.5. The molecule has 2 heterocycles. The normalized spacial score (nSPS) is 17.6. The zero-order valence-corrected chi connectivity index (χ0v) is 19.8. The van der Waals surface area contributed by atoms with Crippen LogP contribution in [0.1, 0.15) is 12.8 Å². The Hall–Kier alpha value is -2.25. The Morgan fingerprint density at radius 2 is 1.91 bits per heavy atom. The molecule has 0 bridgehead atoms. The van der Waals surface area contributed by atoms with Crippen molar-refractivity contribution in [2.45, 2.75) is 34.8 Å². The minimum absolute atomic E-state index is 0.0745. The summed E-state index contributed by atoms with van der Waals surface area (Å²) in [6.45, 7) is 0.141. The summed E-state index contributed by atoms with van der Waals surface area (Å²) >= 11 is 0. The maximum atomic E-state index is 13.0. The Morgan fingerprint density at radius 1 is 1.24 bits per heavy atom. The van der Waals surface area contributed by atoms with Crippen molar-refractivity contribution in [1.29, 1.82) is 0 Å². The Kier molecular flexibility index (Phi) is 8.19. The number of aliphatic hydroxyl groups is 2. The molecule has 1 aliphatic rings. The van der Waals surface area contributed by atoms with Gasteiger partial charge >= 0.3 is 0 Å². The van der Waals surface area contributed by atoms with Crippen molar-refractivity contribution < 1.29 is 27.0 Å². The van der Waals surface area contributed by atoms with Crippen LogP contribution in [0.3, 0.4) is 0 Å². The maximum Gasteiger partial charge on any atom is 0.242 e. The molecule has 0 aliphatic carbocycles. The van der Waals surface area contributed by atoms with E-state index in [4.69, 9.17) is 16.6 Å². The zero-order chi connectivity index (χ0) is 25.1. The second-order valence-electron chi connectivity index (χ2n) is 7.98. The molecule has 0 radical (unpaired) electrons. The van der Waals surface area contributed by atoms with Crippen LogP contribution in [-0.4, -0.2) is 92.6 Å². The Bertz CT molecular complexity index is 1180. The standard InChI is InChI=1S/C17H29N9O6S2/c18-7-11(28)8-21-34(31,32)14-2-1-13(26-5-3-10(4-6-26)12(19)9-27)15(16(14)33(20,29)30)17-22-24-25-23-17/h1-2,10-12,21,27-28H,3-9,18-19H2,(H2,20,29,30)(H,22,23,24,25)/t11-,12?/m1/s1. The average Bonchev–Trinajstić information content (AvgIpc) is 3.35. The van der Waals surface area contributed by atoms with E-state index in [-0.39, 0.29) is 36.5 Å². The van der Waals surface area contributed by atoms with Gasteiger partial charge in [-0.3, -0.25) is 0 Å². The fourth-order valence-electron chi connectivity index (χ4n) is 3.88. The molecule has 15 nitrogen and oxygen atoms in total. The molecule has 1 aromatic heterocycles. The number of benzene rings is 1. The number of nitrogens with two attached hydrogens (primary N) is 3. The van der Waals surface area contributed by atoms with Crippen molar-refractivity contribution >= 4 is 25.7 Å². The molecule has 0 saturated carbocycles. The Labute approximate surface area is 196 Å². The van der Waals surface area contributed by atoms with Crippen LogP contribution in [0.5, 0.6) is 0 Å². The van der Waals surface area contributed by atoms with Gasteiger partial charge in [0.25, 0.3) is 0 Å². The third-order valence-corrected chi connectivity index (χ3v) is 8.31.